The molecule has 1 aliphatic rings. The van der Waals surface area contributed by atoms with Crippen molar-refractivity contribution in [1.29, 1.82) is 0 Å². The zero-order chi connectivity index (χ0) is 15.5. The van der Waals surface area contributed by atoms with Gasteiger partial charge in [0, 0.05) is 37.8 Å². The van der Waals surface area contributed by atoms with Crippen LogP contribution in [0.15, 0.2) is 24.3 Å². The average molecular weight is 293 g/mol. The zero-order valence-electron chi connectivity index (χ0n) is 13.7. The van der Waals surface area contributed by atoms with Gasteiger partial charge < -0.3 is 10.2 Å². The van der Waals surface area contributed by atoms with Gasteiger partial charge in [-0.3, -0.25) is 4.90 Å². The topological polar surface area (TPSA) is 18.5 Å². The molecule has 1 N–H and O–H groups in total. The molecule has 1 heterocycles. The molecular formula is C17H28FN3. The van der Waals surface area contributed by atoms with Gasteiger partial charge in [-0.05, 0) is 52.1 Å². The third-order valence-electron chi connectivity index (χ3n) is 4.75. The molecule has 118 valence electrons. The van der Waals surface area contributed by atoms with Crippen LogP contribution in [-0.4, -0.2) is 55.6 Å². The lowest BCUT2D eigenvalue weighted by Gasteiger charge is -2.45. The minimum Gasteiger partial charge on any atom is -0.313 e. The fourth-order valence-corrected chi connectivity index (χ4v) is 3.02. The van der Waals surface area contributed by atoms with Crippen LogP contribution in [0.3, 0.4) is 0 Å². The van der Waals surface area contributed by atoms with Crippen LogP contribution in [0.5, 0.6) is 0 Å². The van der Waals surface area contributed by atoms with Gasteiger partial charge in [0.1, 0.15) is 5.82 Å². The smallest absolute Gasteiger partial charge is 0.123 e. The normalized spacial score (nSPS) is 21.4. The van der Waals surface area contributed by atoms with E-state index in [1.807, 2.05) is 19.2 Å². The van der Waals surface area contributed by atoms with E-state index in [2.05, 4.69) is 36.0 Å². The van der Waals surface area contributed by atoms with Gasteiger partial charge in [0.2, 0.25) is 0 Å². The highest BCUT2D eigenvalue weighted by Crippen LogP contribution is 2.21. The summed E-state index contributed by atoms with van der Waals surface area (Å²) >= 11 is 0. The van der Waals surface area contributed by atoms with Crippen LogP contribution in [0.1, 0.15) is 31.9 Å². The minimum atomic E-state index is -0.172. The Kier molecular flexibility index (Phi) is 5.36. The monoisotopic (exact) mass is 293 g/mol. The van der Waals surface area contributed by atoms with E-state index in [0.717, 1.165) is 38.2 Å². The van der Waals surface area contributed by atoms with Crippen molar-refractivity contribution in [3.8, 4) is 0 Å². The summed E-state index contributed by atoms with van der Waals surface area (Å²) in [6.45, 7) is 9.01. The minimum absolute atomic E-state index is 0.172. The first kappa shape index (κ1) is 16.4. The number of hydrogen-bond donors (Lipinski definition) is 1. The van der Waals surface area contributed by atoms with Gasteiger partial charge in [-0.15, -0.1) is 0 Å². The molecule has 1 aliphatic heterocycles. The number of hydrogen-bond acceptors (Lipinski definition) is 3. The van der Waals surface area contributed by atoms with Gasteiger partial charge in [0.05, 0.1) is 0 Å². The molecule has 0 aromatic heterocycles. The highest BCUT2D eigenvalue weighted by atomic mass is 19.1. The van der Waals surface area contributed by atoms with Gasteiger partial charge in [0.25, 0.3) is 0 Å². The van der Waals surface area contributed by atoms with Crippen LogP contribution in [0.2, 0.25) is 0 Å². The maximum atomic E-state index is 13.0. The van der Waals surface area contributed by atoms with E-state index in [1.165, 1.54) is 0 Å². The Labute approximate surface area is 128 Å². The van der Waals surface area contributed by atoms with Crippen molar-refractivity contribution in [1.82, 2.24) is 15.1 Å². The number of rotatable bonds is 5. The lowest BCUT2D eigenvalue weighted by atomic mass is 9.98. The third kappa shape index (κ3) is 4.25. The first-order valence-electron chi connectivity index (χ1n) is 7.79. The molecular weight excluding hydrogens is 265 g/mol. The number of benzene rings is 1. The fraction of sp³-hybridized carbons (Fsp3) is 0.647. The summed E-state index contributed by atoms with van der Waals surface area (Å²) in [5.41, 5.74) is 1.40. The molecule has 1 aromatic rings. The summed E-state index contributed by atoms with van der Waals surface area (Å²) in [4.78, 5) is 4.97. The maximum Gasteiger partial charge on any atom is 0.123 e. The van der Waals surface area contributed by atoms with Crippen LogP contribution >= 0.6 is 0 Å². The Morgan fingerprint density at radius 1 is 1.24 bits per heavy atom. The molecule has 1 unspecified atom stereocenters. The number of piperazine rings is 1. The molecule has 0 spiro atoms. The standard InChI is InChI=1S/C17H28FN3/c1-17(2)13-21(12-11-20(17)4)10-9-16(19-3)14-5-7-15(18)8-6-14/h5-8,16,19H,9-13H2,1-4H3. The summed E-state index contributed by atoms with van der Waals surface area (Å²) < 4.78 is 13.0. The van der Waals surface area contributed by atoms with Crippen LogP contribution in [-0.2, 0) is 0 Å². The summed E-state index contributed by atoms with van der Waals surface area (Å²) in [5, 5.41) is 3.35. The number of nitrogens with zero attached hydrogens (tertiary/aromatic N) is 2. The molecule has 4 heteroatoms. The van der Waals surface area contributed by atoms with Gasteiger partial charge in [0.15, 0.2) is 0 Å². The molecule has 0 amide bonds. The number of likely N-dealkylation sites (N-methyl/N-ethyl adjacent to an activating group) is 1. The zero-order valence-corrected chi connectivity index (χ0v) is 13.7. The molecule has 2 rings (SSSR count). The van der Waals surface area contributed by atoms with Crippen molar-refractivity contribution in [2.45, 2.75) is 31.8 Å². The van der Waals surface area contributed by atoms with E-state index >= 15 is 0 Å². The molecule has 21 heavy (non-hydrogen) atoms. The molecule has 1 fully saturated rings. The van der Waals surface area contributed by atoms with Crippen LogP contribution < -0.4 is 5.32 Å². The van der Waals surface area contributed by atoms with Crippen molar-refractivity contribution in [2.24, 2.45) is 0 Å². The van der Waals surface area contributed by atoms with Crippen LogP contribution in [0.25, 0.3) is 0 Å². The predicted molar refractivity (Wildman–Crippen MR) is 86.0 cm³/mol. The van der Waals surface area contributed by atoms with E-state index in [4.69, 9.17) is 0 Å². The Bertz CT molecular complexity index is 444. The first-order valence-corrected chi connectivity index (χ1v) is 7.79. The maximum absolute atomic E-state index is 13.0. The molecule has 0 saturated carbocycles. The lowest BCUT2D eigenvalue weighted by molar-refractivity contribution is 0.0383. The second-order valence-electron chi connectivity index (χ2n) is 6.69. The molecule has 1 saturated heterocycles. The number of halogens is 1. The average Bonchev–Trinajstić information content (AvgIpc) is 2.45. The van der Waals surface area contributed by atoms with Crippen molar-refractivity contribution >= 4 is 0 Å². The van der Waals surface area contributed by atoms with E-state index in [0.29, 0.717) is 0 Å². The third-order valence-corrected chi connectivity index (χ3v) is 4.75. The summed E-state index contributed by atoms with van der Waals surface area (Å²) in [6, 6.07) is 7.12. The quantitative estimate of drug-likeness (QED) is 0.900. The Hall–Kier alpha value is -0.970. The summed E-state index contributed by atoms with van der Waals surface area (Å²) in [5.74, 6) is -0.172. The van der Waals surface area contributed by atoms with Gasteiger partial charge in [-0.25, -0.2) is 4.39 Å². The highest BCUT2D eigenvalue weighted by Gasteiger charge is 2.30. The SMILES string of the molecule is CNC(CCN1CCN(C)C(C)(C)C1)c1ccc(F)cc1. The summed E-state index contributed by atoms with van der Waals surface area (Å²) in [7, 11) is 4.17. The molecule has 1 aromatic carbocycles. The van der Waals surface area contributed by atoms with Crippen LogP contribution in [0.4, 0.5) is 4.39 Å². The predicted octanol–water partition coefficient (Wildman–Crippen LogP) is 2.50. The second-order valence-corrected chi connectivity index (χ2v) is 6.69. The van der Waals surface area contributed by atoms with Crippen molar-refractivity contribution in [3.63, 3.8) is 0 Å². The first-order chi connectivity index (χ1) is 9.92. The van der Waals surface area contributed by atoms with Gasteiger partial charge in [-0.1, -0.05) is 12.1 Å². The molecule has 3 nitrogen and oxygen atoms in total. The molecule has 0 aliphatic carbocycles. The molecule has 0 radical (unpaired) electrons. The largest absolute Gasteiger partial charge is 0.313 e. The van der Waals surface area contributed by atoms with E-state index < -0.39 is 0 Å². The van der Waals surface area contributed by atoms with Gasteiger partial charge >= 0.3 is 0 Å². The Morgan fingerprint density at radius 3 is 2.48 bits per heavy atom. The highest BCUT2D eigenvalue weighted by molar-refractivity contribution is 5.19. The number of nitrogens with one attached hydrogen (secondary N) is 1. The van der Waals surface area contributed by atoms with Crippen molar-refractivity contribution < 1.29 is 4.39 Å². The van der Waals surface area contributed by atoms with Crippen molar-refractivity contribution in [2.75, 3.05) is 40.3 Å². The van der Waals surface area contributed by atoms with Gasteiger partial charge in [-0.2, -0.15) is 0 Å². The lowest BCUT2D eigenvalue weighted by Crippen LogP contribution is -2.57. The molecule has 1 atom stereocenters. The van der Waals surface area contributed by atoms with Crippen molar-refractivity contribution in [3.05, 3.63) is 35.6 Å². The van der Waals surface area contributed by atoms with E-state index in [-0.39, 0.29) is 17.4 Å². The van der Waals surface area contributed by atoms with Crippen LogP contribution in [0, 0.1) is 5.82 Å². The van der Waals surface area contributed by atoms with E-state index in [9.17, 15) is 4.39 Å². The molecule has 0 bridgehead atoms. The fourth-order valence-electron chi connectivity index (χ4n) is 3.02. The second kappa shape index (κ2) is 6.86. The Morgan fingerprint density at radius 2 is 1.90 bits per heavy atom. The summed E-state index contributed by atoms with van der Waals surface area (Å²) in [6.07, 6.45) is 1.04. The Balaban J connectivity index is 1.90. The van der Waals surface area contributed by atoms with E-state index in [1.54, 1.807) is 12.1 Å².